The summed E-state index contributed by atoms with van der Waals surface area (Å²) < 4.78 is 2.33. The van der Waals surface area contributed by atoms with Crippen molar-refractivity contribution in [2.24, 2.45) is 5.92 Å². The number of nitrogens with zero attached hydrogens (tertiary/aromatic N) is 2. The fraction of sp³-hybridized carbons (Fsp3) is 0.316. The van der Waals surface area contributed by atoms with Gasteiger partial charge in [-0.25, -0.2) is 4.98 Å². The molecule has 0 aliphatic carbocycles. The van der Waals surface area contributed by atoms with Gasteiger partial charge in [-0.3, -0.25) is 14.2 Å². The van der Waals surface area contributed by atoms with Crippen molar-refractivity contribution in [3.8, 4) is 0 Å². The number of aromatic nitrogens is 2. The number of thiophene rings is 1. The van der Waals surface area contributed by atoms with Gasteiger partial charge in [-0.05, 0) is 29.0 Å². The van der Waals surface area contributed by atoms with Crippen molar-refractivity contribution < 1.29 is 4.79 Å². The van der Waals surface area contributed by atoms with E-state index in [2.05, 4.69) is 24.1 Å². The largest absolute Gasteiger partial charge is 0.351 e. The molecule has 0 saturated carbocycles. The van der Waals surface area contributed by atoms with Crippen LogP contribution in [0.3, 0.4) is 0 Å². The summed E-state index contributed by atoms with van der Waals surface area (Å²) in [7, 11) is 0. The maximum absolute atomic E-state index is 12.7. The van der Waals surface area contributed by atoms with Gasteiger partial charge < -0.3 is 5.32 Å². The van der Waals surface area contributed by atoms with Gasteiger partial charge in [-0.15, -0.1) is 11.3 Å². The molecule has 2 heterocycles. The Balaban J connectivity index is 1.71. The monoisotopic (exact) mass is 421 g/mol. The summed E-state index contributed by atoms with van der Waals surface area (Å²) in [6.45, 7) is 5.05. The summed E-state index contributed by atoms with van der Waals surface area (Å²) in [5, 5.41) is 5.93. The minimum absolute atomic E-state index is 0.0392. The SMILES string of the molecule is CC(C)Cn1c(SCC(=O)NCc2ccccc2Cl)nc2ccsc2c1=O. The summed E-state index contributed by atoms with van der Waals surface area (Å²) >= 11 is 8.79. The average Bonchev–Trinajstić information content (AvgIpc) is 3.10. The number of fused-ring (bicyclic) bond motifs is 1. The molecule has 0 fully saturated rings. The molecule has 0 bridgehead atoms. The summed E-state index contributed by atoms with van der Waals surface area (Å²) in [5.41, 5.74) is 1.51. The zero-order chi connectivity index (χ0) is 19.4. The number of rotatable bonds is 7. The van der Waals surface area contributed by atoms with Crippen molar-refractivity contribution in [2.45, 2.75) is 32.1 Å². The number of benzene rings is 1. The lowest BCUT2D eigenvalue weighted by molar-refractivity contribution is -0.118. The summed E-state index contributed by atoms with van der Waals surface area (Å²) in [6.07, 6.45) is 0. The van der Waals surface area contributed by atoms with E-state index in [9.17, 15) is 9.59 Å². The number of halogens is 1. The molecular weight excluding hydrogens is 402 g/mol. The predicted octanol–water partition coefficient (Wildman–Crippen LogP) is 4.18. The number of hydrogen-bond donors (Lipinski definition) is 1. The maximum atomic E-state index is 12.7. The molecule has 2 aromatic heterocycles. The Morgan fingerprint density at radius 3 is 2.85 bits per heavy atom. The fourth-order valence-electron chi connectivity index (χ4n) is 2.58. The van der Waals surface area contributed by atoms with Gasteiger partial charge in [0.1, 0.15) is 4.70 Å². The van der Waals surface area contributed by atoms with Gasteiger partial charge in [0.05, 0.1) is 11.3 Å². The van der Waals surface area contributed by atoms with Gasteiger partial charge in [0.25, 0.3) is 5.56 Å². The van der Waals surface area contributed by atoms with Crippen LogP contribution in [0.4, 0.5) is 0 Å². The number of carbonyl (C=O) groups excluding carboxylic acids is 1. The Hall–Kier alpha value is -1.83. The van der Waals surface area contributed by atoms with Crippen molar-refractivity contribution in [1.82, 2.24) is 14.9 Å². The van der Waals surface area contributed by atoms with Gasteiger partial charge in [0, 0.05) is 18.1 Å². The highest BCUT2D eigenvalue weighted by molar-refractivity contribution is 7.99. The molecule has 3 aromatic rings. The summed E-state index contributed by atoms with van der Waals surface area (Å²) in [6, 6.07) is 9.24. The lowest BCUT2D eigenvalue weighted by Crippen LogP contribution is -2.27. The zero-order valence-electron chi connectivity index (χ0n) is 15.1. The van der Waals surface area contributed by atoms with E-state index < -0.39 is 0 Å². The lowest BCUT2D eigenvalue weighted by Gasteiger charge is -2.14. The van der Waals surface area contributed by atoms with Crippen molar-refractivity contribution in [3.05, 3.63) is 56.7 Å². The third-order valence-corrected chi connectivity index (χ3v) is 6.08. The van der Waals surface area contributed by atoms with Crippen LogP contribution in [-0.4, -0.2) is 21.2 Å². The minimum Gasteiger partial charge on any atom is -0.351 e. The highest BCUT2D eigenvalue weighted by Gasteiger charge is 2.15. The van der Waals surface area contributed by atoms with Crippen molar-refractivity contribution in [1.29, 1.82) is 0 Å². The standard InChI is InChI=1S/C19H20ClN3O2S2/c1-12(2)10-23-18(25)17-15(7-8-26-17)22-19(23)27-11-16(24)21-9-13-5-3-4-6-14(13)20/h3-8,12H,9-11H2,1-2H3,(H,21,24). The van der Waals surface area contributed by atoms with Gasteiger partial charge >= 0.3 is 0 Å². The first-order chi connectivity index (χ1) is 13.0. The Kier molecular flexibility index (Phi) is 6.57. The first kappa shape index (κ1) is 19.9. The molecule has 0 spiro atoms. The van der Waals surface area contributed by atoms with Gasteiger partial charge in [0.15, 0.2) is 5.16 Å². The molecular formula is C19H20ClN3O2S2. The molecule has 0 aliphatic rings. The number of carbonyl (C=O) groups is 1. The van der Waals surface area contributed by atoms with Crippen molar-refractivity contribution in [3.63, 3.8) is 0 Å². The highest BCUT2D eigenvalue weighted by atomic mass is 35.5. The van der Waals surface area contributed by atoms with Crippen molar-refractivity contribution in [2.75, 3.05) is 5.75 Å². The van der Waals surface area contributed by atoms with E-state index in [0.29, 0.717) is 39.4 Å². The number of nitrogens with one attached hydrogen (secondary N) is 1. The van der Waals surface area contributed by atoms with E-state index in [4.69, 9.17) is 11.6 Å². The molecule has 1 N–H and O–H groups in total. The second-order valence-corrected chi connectivity index (χ2v) is 8.76. The van der Waals surface area contributed by atoms with Crippen molar-refractivity contribution >= 4 is 50.8 Å². The number of hydrogen-bond acceptors (Lipinski definition) is 5. The third kappa shape index (κ3) is 4.91. The molecule has 0 atom stereocenters. The zero-order valence-corrected chi connectivity index (χ0v) is 17.5. The molecule has 0 unspecified atom stereocenters. The minimum atomic E-state index is -0.129. The van der Waals surface area contributed by atoms with Crippen LogP contribution in [0, 0.1) is 5.92 Å². The Morgan fingerprint density at radius 2 is 2.11 bits per heavy atom. The van der Waals surface area contributed by atoms with E-state index in [-0.39, 0.29) is 17.2 Å². The van der Waals surface area contributed by atoms with Crippen LogP contribution >= 0.6 is 34.7 Å². The number of amides is 1. The first-order valence-electron chi connectivity index (χ1n) is 8.56. The van der Waals surface area contributed by atoms with Crippen LogP contribution < -0.4 is 10.9 Å². The summed E-state index contributed by atoms with van der Waals surface area (Å²) in [5.74, 6) is 0.357. The Bertz CT molecular complexity index is 1010. The maximum Gasteiger partial charge on any atom is 0.272 e. The van der Waals surface area contributed by atoms with Crippen LogP contribution in [-0.2, 0) is 17.9 Å². The van der Waals surface area contributed by atoms with E-state index in [1.165, 1.54) is 23.1 Å². The Labute approximate surface area is 170 Å². The smallest absolute Gasteiger partial charge is 0.272 e. The first-order valence-corrected chi connectivity index (χ1v) is 10.8. The molecule has 142 valence electrons. The molecule has 3 rings (SSSR count). The Morgan fingerprint density at radius 1 is 1.33 bits per heavy atom. The molecule has 27 heavy (non-hydrogen) atoms. The molecule has 0 radical (unpaired) electrons. The second-order valence-electron chi connectivity index (χ2n) is 6.50. The molecule has 0 aliphatic heterocycles. The quantitative estimate of drug-likeness (QED) is 0.459. The topological polar surface area (TPSA) is 64.0 Å². The predicted molar refractivity (Wildman–Crippen MR) is 113 cm³/mol. The van der Waals surface area contributed by atoms with Crippen LogP contribution in [0.15, 0.2) is 45.7 Å². The van der Waals surface area contributed by atoms with E-state index in [0.717, 1.165) is 5.56 Å². The summed E-state index contributed by atoms with van der Waals surface area (Å²) in [4.78, 5) is 29.6. The normalized spacial score (nSPS) is 11.3. The van der Waals surface area contributed by atoms with Gasteiger partial charge in [-0.2, -0.15) is 0 Å². The van der Waals surface area contributed by atoms with Gasteiger partial charge in [-0.1, -0.05) is 55.4 Å². The van der Waals surface area contributed by atoms with E-state index in [1.807, 2.05) is 29.6 Å². The third-order valence-electron chi connectivity index (χ3n) is 3.84. The second kappa shape index (κ2) is 8.91. The van der Waals surface area contributed by atoms with Crippen LogP contribution in [0.25, 0.3) is 10.2 Å². The molecule has 1 aromatic carbocycles. The fourth-order valence-corrected chi connectivity index (χ4v) is 4.40. The van der Waals surface area contributed by atoms with Gasteiger partial charge in [0.2, 0.25) is 5.91 Å². The van der Waals surface area contributed by atoms with E-state index >= 15 is 0 Å². The molecule has 5 nitrogen and oxygen atoms in total. The van der Waals surface area contributed by atoms with Crippen LogP contribution in [0.2, 0.25) is 5.02 Å². The molecule has 0 saturated heterocycles. The van der Waals surface area contributed by atoms with E-state index in [1.54, 1.807) is 10.6 Å². The highest BCUT2D eigenvalue weighted by Crippen LogP contribution is 2.22. The lowest BCUT2D eigenvalue weighted by atomic mass is 10.2. The molecule has 8 heteroatoms. The average molecular weight is 422 g/mol. The number of thioether (sulfide) groups is 1. The van der Waals surface area contributed by atoms with Crippen LogP contribution in [0.1, 0.15) is 19.4 Å². The molecule has 1 amide bonds. The van der Waals surface area contributed by atoms with Crippen LogP contribution in [0.5, 0.6) is 0 Å².